The average Bonchev–Trinajstić information content (AvgIpc) is 2.67. The standard InChI is InChI=1S/C20H18FN3O4/c1-28-7-6-24-18-17(19(26)23-20(24)27)14-8-12(9-16(25)15(14)10-22-18)11-2-4-13(21)5-3-11/h2-5,10,12H,6-9H2,1H3,(H,23,26,27). The molecule has 144 valence electrons. The van der Waals surface area contributed by atoms with Gasteiger partial charge in [0.05, 0.1) is 18.5 Å². The van der Waals surface area contributed by atoms with Crippen LogP contribution >= 0.6 is 0 Å². The van der Waals surface area contributed by atoms with Crippen molar-refractivity contribution in [3.63, 3.8) is 0 Å². The van der Waals surface area contributed by atoms with Gasteiger partial charge in [0.1, 0.15) is 11.5 Å². The molecule has 1 aliphatic rings. The normalized spacial score (nSPS) is 16.4. The highest BCUT2D eigenvalue weighted by Crippen LogP contribution is 2.34. The predicted octanol–water partition coefficient (Wildman–Crippen LogP) is 1.78. The van der Waals surface area contributed by atoms with Crippen molar-refractivity contribution in [1.29, 1.82) is 0 Å². The van der Waals surface area contributed by atoms with Crippen molar-refractivity contribution in [1.82, 2.24) is 14.5 Å². The third-order valence-corrected chi connectivity index (χ3v) is 5.16. The predicted molar refractivity (Wildman–Crippen MR) is 100 cm³/mol. The van der Waals surface area contributed by atoms with E-state index in [1.165, 1.54) is 30.0 Å². The SMILES string of the molecule is COCCn1c(=O)[nH]c(=O)c2c3c(cnc21)C(=O)CC(c1ccc(F)cc1)C3. The van der Waals surface area contributed by atoms with Gasteiger partial charge in [-0.3, -0.25) is 19.1 Å². The van der Waals surface area contributed by atoms with E-state index < -0.39 is 11.2 Å². The number of hydrogen-bond acceptors (Lipinski definition) is 5. The van der Waals surface area contributed by atoms with Gasteiger partial charge in [-0.1, -0.05) is 12.1 Å². The van der Waals surface area contributed by atoms with Crippen molar-refractivity contribution in [3.8, 4) is 0 Å². The Hall–Kier alpha value is -3.13. The monoisotopic (exact) mass is 383 g/mol. The maximum Gasteiger partial charge on any atom is 0.330 e. The van der Waals surface area contributed by atoms with Crippen LogP contribution in [0, 0.1) is 5.82 Å². The number of ether oxygens (including phenoxy) is 1. The summed E-state index contributed by atoms with van der Waals surface area (Å²) in [5.41, 5.74) is 0.896. The average molecular weight is 383 g/mol. The van der Waals surface area contributed by atoms with E-state index in [9.17, 15) is 18.8 Å². The summed E-state index contributed by atoms with van der Waals surface area (Å²) in [5, 5.41) is 0.244. The molecule has 7 nitrogen and oxygen atoms in total. The van der Waals surface area contributed by atoms with Crippen molar-refractivity contribution in [2.24, 2.45) is 0 Å². The number of aromatic amines is 1. The van der Waals surface area contributed by atoms with E-state index in [-0.39, 0.29) is 48.1 Å². The summed E-state index contributed by atoms with van der Waals surface area (Å²) in [7, 11) is 1.51. The van der Waals surface area contributed by atoms with Gasteiger partial charge in [-0.25, -0.2) is 14.2 Å². The third-order valence-electron chi connectivity index (χ3n) is 5.16. The molecule has 0 bridgehead atoms. The molecule has 8 heteroatoms. The van der Waals surface area contributed by atoms with E-state index in [0.29, 0.717) is 17.5 Å². The molecule has 4 rings (SSSR count). The summed E-state index contributed by atoms with van der Waals surface area (Å²) in [6.07, 6.45) is 2.12. The first-order valence-corrected chi connectivity index (χ1v) is 8.92. The summed E-state index contributed by atoms with van der Waals surface area (Å²) in [6, 6.07) is 6.02. The number of benzene rings is 1. The van der Waals surface area contributed by atoms with E-state index in [2.05, 4.69) is 9.97 Å². The van der Waals surface area contributed by atoms with E-state index in [1.54, 1.807) is 12.1 Å². The lowest BCUT2D eigenvalue weighted by molar-refractivity contribution is 0.0964. The molecule has 0 saturated heterocycles. The summed E-state index contributed by atoms with van der Waals surface area (Å²) in [6.45, 7) is 0.501. The molecule has 1 unspecified atom stereocenters. The number of aromatic nitrogens is 3. The Morgan fingerprint density at radius 1 is 1.21 bits per heavy atom. The molecule has 0 aliphatic heterocycles. The highest BCUT2D eigenvalue weighted by molar-refractivity contribution is 6.02. The van der Waals surface area contributed by atoms with Crippen molar-refractivity contribution < 1.29 is 13.9 Å². The van der Waals surface area contributed by atoms with Crippen LogP contribution in [-0.2, 0) is 17.7 Å². The molecule has 2 aromatic heterocycles. The van der Waals surface area contributed by atoms with Crippen molar-refractivity contribution in [3.05, 3.63) is 73.8 Å². The maximum absolute atomic E-state index is 13.3. The second-order valence-corrected chi connectivity index (χ2v) is 6.83. The minimum Gasteiger partial charge on any atom is -0.383 e. The number of carbonyl (C=O) groups excluding carboxylic acids is 1. The van der Waals surface area contributed by atoms with Crippen LogP contribution in [0.2, 0.25) is 0 Å². The van der Waals surface area contributed by atoms with Crippen molar-refractivity contribution in [2.75, 3.05) is 13.7 Å². The van der Waals surface area contributed by atoms with Gasteiger partial charge < -0.3 is 4.74 Å². The molecule has 0 radical (unpaired) electrons. The molecule has 1 aromatic carbocycles. The van der Waals surface area contributed by atoms with E-state index in [1.807, 2.05) is 0 Å². The smallest absolute Gasteiger partial charge is 0.330 e. The molecule has 3 aromatic rings. The number of carbonyl (C=O) groups is 1. The highest BCUT2D eigenvalue weighted by Gasteiger charge is 2.30. The van der Waals surface area contributed by atoms with Gasteiger partial charge in [0.15, 0.2) is 5.78 Å². The quantitative estimate of drug-likeness (QED) is 0.741. The van der Waals surface area contributed by atoms with E-state index in [0.717, 1.165) is 5.56 Å². The van der Waals surface area contributed by atoms with Crippen LogP contribution < -0.4 is 11.2 Å². The van der Waals surface area contributed by atoms with Gasteiger partial charge in [0.25, 0.3) is 5.56 Å². The molecule has 0 fully saturated rings. The van der Waals surface area contributed by atoms with Gasteiger partial charge in [-0.15, -0.1) is 0 Å². The number of hydrogen-bond donors (Lipinski definition) is 1. The third kappa shape index (κ3) is 3.05. The number of ketones is 1. The molecular weight excluding hydrogens is 365 g/mol. The Morgan fingerprint density at radius 2 is 1.96 bits per heavy atom. The fraction of sp³-hybridized carbons (Fsp3) is 0.300. The summed E-state index contributed by atoms with van der Waals surface area (Å²) < 4.78 is 19.6. The summed E-state index contributed by atoms with van der Waals surface area (Å²) in [5.74, 6) is -0.650. The molecule has 0 saturated carbocycles. The minimum absolute atomic E-state index is 0.126. The summed E-state index contributed by atoms with van der Waals surface area (Å²) >= 11 is 0. The lowest BCUT2D eigenvalue weighted by Crippen LogP contribution is -2.33. The number of methoxy groups -OCH3 is 1. The molecule has 1 N–H and O–H groups in total. The lowest BCUT2D eigenvalue weighted by atomic mass is 9.79. The number of Topliss-reactive ketones (excluding diaryl/α,β-unsaturated/α-hetero) is 1. The van der Waals surface area contributed by atoms with Gasteiger partial charge in [0.2, 0.25) is 0 Å². The zero-order valence-electron chi connectivity index (χ0n) is 15.2. The van der Waals surface area contributed by atoms with Crippen LogP contribution in [0.4, 0.5) is 4.39 Å². The topological polar surface area (TPSA) is 94.1 Å². The Morgan fingerprint density at radius 3 is 2.68 bits per heavy atom. The first-order chi connectivity index (χ1) is 13.5. The molecule has 0 spiro atoms. The molecule has 1 atom stereocenters. The van der Waals surface area contributed by atoms with E-state index in [4.69, 9.17) is 4.74 Å². The number of nitrogens with one attached hydrogen (secondary N) is 1. The zero-order valence-corrected chi connectivity index (χ0v) is 15.2. The van der Waals surface area contributed by atoms with E-state index >= 15 is 0 Å². The fourth-order valence-electron chi connectivity index (χ4n) is 3.77. The van der Waals surface area contributed by atoms with Crippen LogP contribution in [0.3, 0.4) is 0 Å². The Kier molecular flexibility index (Phi) is 4.64. The Labute approximate surface area is 158 Å². The highest BCUT2D eigenvalue weighted by atomic mass is 19.1. The number of nitrogens with zero attached hydrogens (tertiary/aromatic N) is 2. The van der Waals surface area contributed by atoms with Crippen LogP contribution in [0.15, 0.2) is 40.1 Å². The molecule has 2 heterocycles. The van der Waals surface area contributed by atoms with Crippen molar-refractivity contribution in [2.45, 2.75) is 25.3 Å². The van der Waals surface area contributed by atoms with Gasteiger partial charge in [-0.2, -0.15) is 0 Å². The first kappa shape index (κ1) is 18.2. The van der Waals surface area contributed by atoms with Gasteiger partial charge in [0, 0.05) is 25.3 Å². The number of H-pyrrole nitrogens is 1. The summed E-state index contributed by atoms with van der Waals surface area (Å²) in [4.78, 5) is 44.1. The van der Waals surface area contributed by atoms with Crippen LogP contribution in [-0.4, -0.2) is 34.0 Å². The molecule has 1 aliphatic carbocycles. The maximum atomic E-state index is 13.3. The largest absolute Gasteiger partial charge is 0.383 e. The van der Waals surface area contributed by atoms with Gasteiger partial charge in [-0.05, 0) is 35.6 Å². The fourth-order valence-corrected chi connectivity index (χ4v) is 3.77. The zero-order chi connectivity index (χ0) is 19.8. The molecule has 0 amide bonds. The van der Waals surface area contributed by atoms with Crippen LogP contribution in [0.25, 0.3) is 11.0 Å². The van der Waals surface area contributed by atoms with Crippen LogP contribution in [0.1, 0.15) is 33.8 Å². The number of pyridine rings is 1. The van der Waals surface area contributed by atoms with Crippen LogP contribution in [0.5, 0.6) is 0 Å². The molecular formula is C20H18FN3O4. The second kappa shape index (κ2) is 7.12. The Balaban J connectivity index is 1.89. The van der Waals surface area contributed by atoms with Crippen molar-refractivity contribution >= 4 is 16.8 Å². The number of halogens is 1. The Bertz CT molecular complexity index is 1180. The minimum atomic E-state index is -0.570. The lowest BCUT2D eigenvalue weighted by Gasteiger charge is -2.25. The van der Waals surface area contributed by atoms with Gasteiger partial charge >= 0.3 is 5.69 Å². The number of rotatable bonds is 4. The first-order valence-electron chi connectivity index (χ1n) is 8.92. The number of fused-ring (bicyclic) bond motifs is 3. The molecule has 28 heavy (non-hydrogen) atoms. The second-order valence-electron chi connectivity index (χ2n) is 6.83.